The van der Waals surface area contributed by atoms with E-state index in [1.165, 1.54) is 0 Å². The number of rotatable bonds is 8. The van der Waals surface area contributed by atoms with Gasteiger partial charge in [-0.3, -0.25) is 20.5 Å². The first kappa shape index (κ1) is 15.4. The van der Waals surface area contributed by atoms with E-state index in [-0.39, 0.29) is 5.91 Å². The van der Waals surface area contributed by atoms with Crippen LogP contribution in [-0.4, -0.2) is 49.6 Å². The summed E-state index contributed by atoms with van der Waals surface area (Å²) in [5, 5.41) is 2.76. The maximum absolute atomic E-state index is 11.6. The summed E-state index contributed by atoms with van der Waals surface area (Å²) in [6, 6.07) is 3.63. The van der Waals surface area contributed by atoms with E-state index in [1.807, 2.05) is 18.0 Å². The molecule has 0 aliphatic heterocycles. The molecule has 0 saturated heterocycles. The predicted octanol–water partition coefficient (Wildman–Crippen LogP) is -0.438. The number of carbonyl (C=O) groups is 1. The van der Waals surface area contributed by atoms with E-state index in [1.54, 1.807) is 19.4 Å². The molecule has 1 aromatic rings. The third-order valence-corrected chi connectivity index (χ3v) is 2.46. The van der Waals surface area contributed by atoms with Gasteiger partial charge in [-0.05, 0) is 19.2 Å². The number of hydrogen-bond donors (Lipinski definition) is 3. The van der Waals surface area contributed by atoms with E-state index < -0.39 is 0 Å². The number of hydrazine groups is 1. The fourth-order valence-electron chi connectivity index (χ4n) is 1.58. The molecule has 1 heterocycles. The van der Waals surface area contributed by atoms with E-state index in [0.29, 0.717) is 26.2 Å². The summed E-state index contributed by atoms with van der Waals surface area (Å²) in [4.78, 5) is 17.7. The van der Waals surface area contributed by atoms with E-state index in [2.05, 4.69) is 15.7 Å². The summed E-state index contributed by atoms with van der Waals surface area (Å²) in [5.74, 6) is 5.30. The van der Waals surface area contributed by atoms with Crippen LogP contribution in [0.25, 0.3) is 0 Å². The average molecular weight is 267 g/mol. The minimum absolute atomic E-state index is 0.0346. The second-order valence-corrected chi connectivity index (χ2v) is 4.20. The van der Waals surface area contributed by atoms with Crippen molar-refractivity contribution in [2.75, 3.05) is 39.3 Å². The third kappa shape index (κ3) is 6.14. The number of methoxy groups -OCH3 is 1. The Kier molecular flexibility index (Phi) is 6.80. The Bertz CT molecular complexity index is 399. The highest BCUT2D eigenvalue weighted by Gasteiger charge is 2.07. The van der Waals surface area contributed by atoms with Gasteiger partial charge in [0.05, 0.1) is 24.5 Å². The van der Waals surface area contributed by atoms with Crippen molar-refractivity contribution < 1.29 is 9.53 Å². The number of pyridine rings is 1. The quantitative estimate of drug-likeness (QED) is 0.336. The number of nitrogens with one attached hydrogen (secondary N) is 2. The summed E-state index contributed by atoms with van der Waals surface area (Å²) < 4.78 is 4.86. The van der Waals surface area contributed by atoms with Crippen LogP contribution in [0.4, 0.5) is 5.69 Å². The number of nitrogens with two attached hydrogens (primary N) is 1. The van der Waals surface area contributed by atoms with Crippen LogP contribution in [-0.2, 0) is 16.1 Å². The van der Waals surface area contributed by atoms with Crippen LogP contribution in [0.5, 0.6) is 0 Å². The fraction of sp³-hybridized carbons (Fsp3) is 0.500. The molecule has 19 heavy (non-hydrogen) atoms. The summed E-state index contributed by atoms with van der Waals surface area (Å²) >= 11 is 0. The van der Waals surface area contributed by atoms with Crippen molar-refractivity contribution in [3.63, 3.8) is 0 Å². The monoisotopic (exact) mass is 267 g/mol. The standard InChI is InChI=1S/C12H21N5O2/c1-17(9-12(18)15-5-6-19-2)8-11-7-10(16-13)3-4-14-11/h3-4,7H,5-6,8-9,13H2,1-2H3,(H,14,16)(H,15,18). The molecule has 0 aliphatic rings. The number of nitrogen functional groups attached to an aromatic ring is 1. The smallest absolute Gasteiger partial charge is 0.234 e. The number of amides is 1. The summed E-state index contributed by atoms with van der Waals surface area (Å²) in [7, 11) is 3.46. The Labute approximate surface area is 113 Å². The highest BCUT2D eigenvalue weighted by Crippen LogP contribution is 2.07. The molecule has 1 aromatic heterocycles. The van der Waals surface area contributed by atoms with Gasteiger partial charge >= 0.3 is 0 Å². The normalized spacial score (nSPS) is 10.5. The zero-order chi connectivity index (χ0) is 14.1. The number of aromatic nitrogens is 1. The Hall–Kier alpha value is -1.70. The highest BCUT2D eigenvalue weighted by molar-refractivity contribution is 5.77. The molecule has 1 rings (SSSR count). The Morgan fingerprint density at radius 1 is 1.58 bits per heavy atom. The lowest BCUT2D eigenvalue weighted by Gasteiger charge is -2.16. The van der Waals surface area contributed by atoms with Crippen LogP contribution < -0.4 is 16.6 Å². The molecule has 0 unspecified atom stereocenters. The lowest BCUT2D eigenvalue weighted by Crippen LogP contribution is -2.36. The topological polar surface area (TPSA) is 92.5 Å². The van der Waals surface area contributed by atoms with Crippen molar-refractivity contribution in [2.24, 2.45) is 5.84 Å². The largest absolute Gasteiger partial charge is 0.383 e. The van der Waals surface area contributed by atoms with Gasteiger partial charge in [-0.1, -0.05) is 0 Å². The lowest BCUT2D eigenvalue weighted by molar-refractivity contribution is -0.122. The molecule has 0 aromatic carbocycles. The molecule has 0 bridgehead atoms. The minimum atomic E-state index is -0.0346. The van der Waals surface area contributed by atoms with Gasteiger partial charge in [0, 0.05) is 26.4 Å². The van der Waals surface area contributed by atoms with Gasteiger partial charge in [0.25, 0.3) is 0 Å². The first-order valence-corrected chi connectivity index (χ1v) is 6.01. The molecule has 0 radical (unpaired) electrons. The number of nitrogens with zero attached hydrogens (tertiary/aromatic N) is 2. The molecule has 0 atom stereocenters. The van der Waals surface area contributed by atoms with Gasteiger partial charge in [-0.15, -0.1) is 0 Å². The molecule has 7 heteroatoms. The van der Waals surface area contributed by atoms with Crippen molar-refractivity contribution >= 4 is 11.6 Å². The average Bonchev–Trinajstić information content (AvgIpc) is 2.39. The Balaban J connectivity index is 2.37. The molecular formula is C12H21N5O2. The number of ether oxygens (including phenoxy) is 1. The van der Waals surface area contributed by atoms with Crippen LogP contribution in [0.3, 0.4) is 0 Å². The van der Waals surface area contributed by atoms with Crippen LogP contribution in [0.1, 0.15) is 5.69 Å². The first-order valence-electron chi connectivity index (χ1n) is 6.01. The molecule has 0 saturated carbocycles. The SMILES string of the molecule is COCCNC(=O)CN(C)Cc1cc(NN)ccn1. The number of likely N-dealkylation sites (N-methyl/N-ethyl adjacent to an activating group) is 1. The molecule has 0 aliphatic carbocycles. The fourth-order valence-corrected chi connectivity index (χ4v) is 1.58. The maximum atomic E-state index is 11.6. The third-order valence-electron chi connectivity index (χ3n) is 2.46. The van der Waals surface area contributed by atoms with Crippen LogP contribution >= 0.6 is 0 Å². The zero-order valence-electron chi connectivity index (χ0n) is 11.3. The Morgan fingerprint density at radius 2 is 2.37 bits per heavy atom. The number of carbonyl (C=O) groups excluding carboxylic acids is 1. The van der Waals surface area contributed by atoms with Gasteiger partial charge in [-0.25, -0.2) is 0 Å². The van der Waals surface area contributed by atoms with Gasteiger partial charge < -0.3 is 15.5 Å². The summed E-state index contributed by atoms with van der Waals surface area (Å²) in [6.45, 7) is 1.92. The molecule has 106 valence electrons. The van der Waals surface area contributed by atoms with Crippen molar-refractivity contribution in [3.05, 3.63) is 24.0 Å². The van der Waals surface area contributed by atoms with Crippen molar-refractivity contribution in [1.29, 1.82) is 0 Å². The predicted molar refractivity (Wildman–Crippen MR) is 73.3 cm³/mol. The van der Waals surface area contributed by atoms with Gasteiger partial charge in [0.1, 0.15) is 0 Å². The van der Waals surface area contributed by atoms with E-state index >= 15 is 0 Å². The van der Waals surface area contributed by atoms with E-state index in [0.717, 1.165) is 11.4 Å². The number of hydrogen-bond acceptors (Lipinski definition) is 6. The molecule has 1 amide bonds. The van der Waals surface area contributed by atoms with Crippen molar-refractivity contribution in [2.45, 2.75) is 6.54 Å². The minimum Gasteiger partial charge on any atom is -0.383 e. The molecular weight excluding hydrogens is 246 g/mol. The van der Waals surface area contributed by atoms with Gasteiger partial charge in [0.15, 0.2) is 0 Å². The second-order valence-electron chi connectivity index (χ2n) is 4.20. The lowest BCUT2D eigenvalue weighted by atomic mass is 10.3. The Morgan fingerprint density at radius 3 is 3.05 bits per heavy atom. The first-order chi connectivity index (χ1) is 9.15. The van der Waals surface area contributed by atoms with Crippen molar-refractivity contribution in [3.8, 4) is 0 Å². The summed E-state index contributed by atoms with van der Waals surface area (Å²) in [5.41, 5.74) is 4.21. The number of anilines is 1. The van der Waals surface area contributed by atoms with Crippen molar-refractivity contribution in [1.82, 2.24) is 15.2 Å². The van der Waals surface area contributed by atoms with Gasteiger partial charge in [0.2, 0.25) is 5.91 Å². The summed E-state index contributed by atoms with van der Waals surface area (Å²) in [6.07, 6.45) is 1.68. The van der Waals surface area contributed by atoms with Crippen LogP contribution in [0.2, 0.25) is 0 Å². The van der Waals surface area contributed by atoms with Gasteiger partial charge in [-0.2, -0.15) is 0 Å². The van der Waals surface area contributed by atoms with Crippen LogP contribution in [0.15, 0.2) is 18.3 Å². The zero-order valence-corrected chi connectivity index (χ0v) is 11.3. The maximum Gasteiger partial charge on any atom is 0.234 e. The molecule has 7 nitrogen and oxygen atoms in total. The molecule has 4 N–H and O–H groups in total. The van der Waals surface area contributed by atoms with E-state index in [9.17, 15) is 4.79 Å². The highest BCUT2D eigenvalue weighted by atomic mass is 16.5. The molecule has 0 fully saturated rings. The molecule has 0 spiro atoms. The van der Waals surface area contributed by atoms with Crippen LogP contribution in [0, 0.1) is 0 Å². The van der Waals surface area contributed by atoms with E-state index in [4.69, 9.17) is 10.6 Å². The second kappa shape index (κ2) is 8.41.